The van der Waals surface area contributed by atoms with Gasteiger partial charge in [0.1, 0.15) is 11.5 Å². The molecule has 0 fully saturated rings. The molecule has 0 spiro atoms. The quantitative estimate of drug-likeness (QED) is 0.873. The van der Waals surface area contributed by atoms with E-state index in [2.05, 4.69) is 5.32 Å². The minimum Gasteiger partial charge on any atom is -0.497 e. The van der Waals surface area contributed by atoms with E-state index in [0.717, 1.165) is 22.7 Å². The van der Waals surface area contributed by atoms with E-state index in [1.807, 2.05) is 30.3 Å². The second-order valence-electron chi connectivity index (χ2n) is 4.23. The number of rotatable bonds is 5. The molecule has 20 heavy (non-hydrogen) atoms. The van der Waals surface area contributed by atoms with Crippen LogP contribution in [0, 0.1) is 0 Å². The summed E-state index contributed by atoms with van der Waals surface area (Å²) in [7, 11) is 3.24. The fraction of sp³-hybridized carbons (Fsp3) is 0.200. The van der Waals surface area contributed by atoms with E-state index in [4.69, 9.17) is 32.7 Å². The number of halogens is 2. The van der Waals surface area contributed by atoms with Gasteiger partial charge in [-0.3, -0.25) is 0 Å². The first-order chi connectivity index (χ1) is 9.60. The Morgan fingerprint density at radius 3 is 1.90 bits per heavy atom. The fourth-order valence-electron chi connectivity index (χ4n) is 1.83. The molecule has 0 saturated carbocycles. The Bertz CT molecular complexity index is 560. The molecular formula is C15H15Cl2NO2. The van der Waals surface area contributed by atoms with Gasteiger partial charge in [0.2, 0.25) is 0 Å². The van der Waals surface area contributed by atoms with Crippen molar-refractivity contribution in [2.24, 2.45) is 0 Å². The van der Waals surface area contributed by atoms with Crippen molar-refractivity contribution in [2.75, 3.05) is 19.5 Å². The lowest BCUT2D eigenvalue weighted by Crippen LogP contribution is -2.00. The number of anilines is 1. The number of hydrogen-bond donors (Lipinski definition) is 1. The highest BCUT2D eigenvalue weighted by atomic mass is 35.5. The van der Waals surface area contributed by atoms with Gasteiger partial charge in [-0.15, -0.1) is 0 Å². The first-order valence-electron chi connectivity index (χ1n) is 6.02. The van der Waals surface area contributed by atoms with Crippen molar-refractivity contribution in [3.63, 3.8) is 0 Å². The Balaban J connectivity index is 2.13. The van der Waals surface area contributed by atoms with Crippen LogP contribution < -0.4 is 14.8 Å². The molecule has 0 bridgehead atoms. The standard InChI is InChI=1S/C15H15Cl2NO2/c1-19-14-6-13(7-15(8-14)20-2)18-9-10-3-11(16)5-12(17)4-10/h3-8,18H,9H2,1-2H3. The number of hydrogen-bond acceptors (Lipinski definition) is 3. The fourth-order valence-corrected chi connectivity index (χ4v) is 2.40. The summed E-state index contributed by atoms with van der Waals surface area (Å²) in [4.78, 5) is 0. The predicted molar refractivity (Wildman–Crippen MR) is 83.3 cm³/mol. The lowest BCUT2D eigenvalue weighted by Gasteiger charge is -2.11. The molecule has 0 heterocycles. The van der Waals surface area contributed by atoms with Crippen LogP contribution in [0.1, 0.15) is 5.56 Å². The van der Waals surface area contributed by atoms with Gasteiger partial charge in [-0.1, -0.05) is 23.2 Å². The number of ether oxygens (including phenoxy) is 2. The van der Waals surface area contributed by atoms with E-state index in [-0.39, 0.29) is 0 Å². The molecule has 0 aliphatic heterocycles. The predicted octanol–water partition coefficient (Wildman–Crippen LogP) is 4.62. The van der Waals surface area contributed by atoms with E-state index in [1.165, 1.54) is 0 Å². The van der Waals surface area contributed by atoms with Crippen LogP contribution in [-0.2, 0) is 6.54 Å². The lowest BCUT2D eigenvalue weighted by molar-refractivity contribution is 0.394. The maximum Gasteiger partial charge on any atom is 0.124 e. The zero-order chi connectivity index (χ0) is 14.5. The van der Waals surface area contributed by atoms with Crippen LogP contribution in [-0.4, -0.2) is 14.2 Å². The van der Waals surface area contributed by atoms with Crippen LogP contribution in [0.15, 0.2) is 36.4 Å². The van der Waals surface area contributed by atoms with Crippen molar-refractivity contribution in [1.82, 2.24) is 0 Å². The number of nitrogens with one attached hydrogen (secondary N) is 1. The average Bonchev–Trinajstić information content (AvgIpc) is 2.43. The van der Waals surface area contributed by atoms with E-state index in [0.29, 0.717) is 16.6 Å². The summed E-state index contributed by atoms with van der Waals surface area (Å²) >= 11 is 11.9. The van der Waals surface area contributed by atoms with Crippen LogP contribution in [0.5, 0.6) is 11.5 Å². The van der Waals surface area contributed by atoms with Gasteiger partial charge in [-0.05, 0) is 23.8 Å². The van der Waals surface area contributed by atoms with Gasteiger partial charge in [0, 0.05) is 40.5 Å². The summed E-state index contributed by atoms with van der Waals surface area (Å²) < 4.78 is 10.5. The van der Waals surface area contributed by atoms with E-state index in [1.54, 1.807) is 20.3 Å². The summed E-state index contributed by atoms with van der Waals surface area (Å²) in [5, 5.41) is 4.53. The molecular weight excluding hydrogens is 297 g/mol. The molecule has 2 aromatic rings. The Morgan fingerprint density at radius 2 is 1.40 bits per heavy atom. The molecule has 0 atom stereocenters. The Labute approximate surface area is 128 Å². The van der Waals surface area contributed by atoms with Gasteiger partial charge >= 0.3 is 0 Å². The van der Waals surface area contributed by atoms with Crippen molar-refractivity contribution in [3.8, 4) is 11.5 Å². The SMILES string of the molecule is COc1cc(NCc2cc(Cl)cc(Cl)c2)cc(OC)c1. The third kappa shape index (κ3) is 3.95. The first-order valence-corrected chi connectivity index (χ1v) is 6.78. The molecule has 0 saturated heterocycles. The summed E-state index contributed by atoms with van der Waals surface area (Å²) in [5.74, 6) is 1.46. The van der Waals surface area contributed by atoms with Gasteiger partial charge in [0.15, 0.2) is 0 Å². The molecule has 3 nitrogen and oxygen atoms in total. The van der Waals surface area contributed by atoms with E-state index >= 15 is 0 Å². The Kier molecular flexibility index (Phi) is 4.99. The van der Waals surface area contributed by atoms with Crippen LogP contribution in [0.3, 0.4) is 0 Å². The van der Waals surface area contributed by atoms with Crippen LogP contribution in [0.25, 0.3) is 0 Å². The molecule has 5 heteroatoms. The monoisotopic (exact) mass is 311 g/mol. The third-order valence-electron chi connectivity index (χ3n) is 2.77. The van der Waals surface area contributed by atoms with Gasteiger partial charge in [-0.2, -0.15) is 0 Å². The molecule has 0 aliphatic carbocycles. The van der Waals surface area contributed by atoms with Gasteiger partial charge in [0.25, 0.3) is 0 Å². The third-order valence-corrected chi connectivity index (χ3v) is 3.21. The average molecular weight is 312 g/mol. The van der Waals surface area contributed by atoms with Gasteiger partial charge < -0.3 is 14.8 Å². The highest BCUT2D eigenvalue weighted by Crippen LogP contribution is 2.26. The molecule has 2 rings (SSSR count). The highest BCUT2D eigenvalue weighted by molar-refractivity contribution is 6.34. The number of benzene rings is 2. The molecule has 1 N–H and O–H groups in total. The number of methoxy groups -OCH3 is 2. The molecule has 0 aliphatic rings. The Hall–Kier alpha value is -1.58. The smallest absolute Gasteiger partial charge is 0.124 e. The van der Waals surface area contributed by atoms with Gasteiger partial charge in [-0.25, -0.2) is 0 Å². The summed E-state index contributed by atoms with van der Waals surface area (Å²) in [5.41, 5.74) is 1.90. The lowest BCUT2D eigenvalue weighted by atomic mass is 10.2. The van der Waals surface area contributed by atoms with Crippen molar-refractivity contribution >= 4 is 28.9 Å². The second-order valence-corrected chi connectivity index (χ2v) is 5.11. The van der Waals surface area contributed by atoms with Crippen molar-refractivity contribution in [1.29, 1.82) is 0 Å². The first kappa shape index (κ1) is 14.8. The van der Waals surface area contributed by atoms with Crippen molar-refractivity contribution in [3.05, 3.63) is 52.0 Å². The van der Waals surface area contributed by atoms with Crippen molar-refractivity contribution < 1.29 is 9.47 Å². The maximum atomic E-state index is 5.97. The largest absolute Gasteiger partial charge is 0.497 e. The summed E-state index contributed by atoms with van der Waals surface area (Å²) in [6, 6.07) is 11.1. The summed E-state index contributed by atoms with van der Waals surface area (Å²) in [6.45, 7) is 0.608. The van der Waals surface area contributed by atoms with Crippen molar-refractivity contribution in [2.45, 2.75) is 6.54 Å². The minimum absolute atomic E-state index is 0.608. The normalized spacial score (nSPS) is 10.2. The zero-order valence-corrected chi connectivity index (χ0v) is 12.8. The maximum absolute atomic E-state index is 5.97. The molecule has 106 valence electrons. The molecule has 0 radical (unpaired) electrons. The summed E-state index contributed by atoms with van der Waals surface area (Å²) in [6.07, 6.45) is 0. The zero-order valence-electron chi connectivity index (χ0n) is 11.2. The highest BCUT2D eigenvalue weighted by Gasteiger charge is 2.03. The van der Waals surface area contributed by atoms with Crippen LogP contribution in [0.4, 0.5) is 5.69 Å². The molecule has 2 aromatic carbocycles. The molecule has 0 amide bonds. The van der Waals surface area contributed by atoms with E-state index in [9.17, 15) is 0 Å². The van der Waals surface area contributed by atoms with Gasteiger partial charge in [0.05, 0.1) is 14.2 Å². The van der Waals surface area contributed by atoms with E-state index < -0.39 is 0 Å². The molecule has 0 aromatic heterocycles. The minimum atomic E-state index is 0.608. The second kappa shape index (κ2) is 6.73. The van der Waals surface area contributed by atoms with Crippen LogP contribution in [0.2, 0.25) is 10.0 Å². The van der Waals surface area contributed by atoms with Crippen LogP contribution >= 0.6 is 23.2 Å². The Morgan fingerprint density at radius 1 is 0.850 bits per heavy atom. The topological polar surface area (TPSA) is 30.5 Å². The molecule has 0 unspecified atom stereocenters.